The van der Waals surface area contributed by atoms with E-state index in [9.17, 15) is 14.7 Å². The summed E-state index contributed by atoms with van der Waals surface area (Å²) >= 11 is 0. The van der Waals surface area contributed by atoms with Crippen LogP contribution in [0.4, 0.5) is 0 Å². The molecule has 0 spiro atoms. The molecule has 0 saturated carbocycles. The van der Waals surface area contributed by atoms with E-state index in [0.717, 1.165) is 41.6 Å². The van der Waals surface area contributed by atoms with Gasteiger partial charge in [-0.2, -0.15) is 0 Å². The van der Waals surface area contributed by atoms with Crippen LogP contribution >= 0.6 is 0 Å². The van der Waals surface area contributed by atoms with Gasteiger partial charge in [-0.25, -0.2) is 4.79 Å². The second-order valence-electron chi connectivity index (χ2n) is 6.76. The van der Waals surface area contributed by atoms with E-state index in [4.69, 9.17) is 0 Å². The van der Waals surface area contributed by atoms with Gasteiger partial charge in [0.15, 0.2) is 0 Å². The minimum Gasteiger partial charge on any atom is -0.478 e. The van der Waals surface area contributed by atoms with Crippen LogP contribution in [0.1, 0.15) is 46.9 Å². The second kappa shape index (κ2) is 8.08. The molecule has 3 aromatic rings. The smallest absolute Gasteiger partial charge is 0.336 e. The minimum atomic E-state index is -0.939. The lowest BCUT2D eigenvalue weighted by atomic mass is 9.97. The Morgan fingerprint density at radius 3 is 2.48 bits per heavy atom. The molecule has 1 aromatic heterocycles. The Morgan fingerprint density at radius 2 is 1.81 bits per heavy atom. The van der Waals surface area contributed by atoms with E-state index in [0.29, 0.717) is 12.0 Å². The normalized spacial score (nSPS) is 10.9. The van der Waals surface area contributed by atoms with Crippen LogP contribution in [0.25, 0.3) is 11.1 Å². The Bertz CT molecular complexity index is 997. The van der Waals surface area contributed by atoms with Gasteiger partial charge >= 0.3 is 5.97 Å². The van der Waals surface area contributed by atoms with Crippen molar-refractivity contribution in [1.29, 1.82) is 0 Å². The number of hydrogen-bond donors (Lipinski definition) is 2. The lowest BCUT2D eigenvalue weighted by molar-refractivity contribution is 0.0697. The monoisotopic (exact) mass is 364 g/mol. The predicted molar refractivity (Wildman–Crippen MR) is 106 cm³/mol. The molecule has 0 fully saturated rings. The Balaban J connectivity index is 1.88. The molecule has 0 aliphatic heterocycles. The molecule has 0 aliphatic rings. The fourth-order valence-corrected chi connectivity index (χ4v) is 3.32. The van der Waals surface area contributed by atoms with Crippen molar-refractivity contribution >= 4 is 5.97 Å². The van der Waals surface area contributed by atoms with Crippen molar-refractivity contribution in [3.63, 3.8) is 0 Å². The van der Waals surface area contributed by atoms with Gasteiger partial charge in [0.2, 0.25) is 0 Å². The number of nitrogens with one attached hydrogen (secondary N) is 1. The highest BCUT2D eigenvalue weighted by Gasteiger charge is 2.14. The van der Waals surface area contributed by atoms with Gasteiger partial charge in [-0.05, 0) is 35.6 Å². The van der Waals surface area contributed by atoms with Gasteiger partial charge in [-0.15, -0.1) is 0 Å². The lowest BCUT2D eigenvalue weighted by Crippen LogP contribution is -2.15. The first-order valence-electron chi connectivity index (χ1n) is 9.19. The Morgan fingerprint density at radius 1 is 1.11 bits per heavy atom. The van der Waals surface area contributed by atoms with Gasteiger partial charge < -0.3 is 5.11 Å². The fraction of sp³-hybridized carbons (Fsp3) is 0.273. The number of aryl methyl sites for hydroxylation is 2. The number of aromatic amines is 1. The number of carboxylic acid groups (broad SMARTS) is 1. The van der Waals surface area contributed by atoms with Crippen LogP contribution in [-0.2, 0) is 19.9 Å². The van der Waals surface area contributed by atoms with E-state index in [-0.39, 0.29) is 11.1 Å². The number of H-pyrrole nitrogens is 1. The van der Waals surface area contributed by atoms with Crippen LogP contribution in [0.15, 0.2) is 53.3 Å². The molecule has 2 N–H and O–H groups in total. The molecule has 0 bridgehead atoms. The van der Waals surface area contributed by atoms with Crippen LogP contribution in [0.2, 0.25) is 0 Å². The first-order chi connectivity index (χ1) is 13.0. The molecule has 27 heavy (non-hydrogen) atoms. The molecule has 2 aromatic carbocycles. The van der Waals surface area contributed by atoms with E-state index in [1.54, 1.807) is 19.2 Å². The third kappa shape index (κ3) is 4.03. The van der Waals surface area contributed by atoms with Crippen LogP contribution < -0.4 is 5.56 Å². The van der Waals surface area contributed by atoms with Crippen LogP contribution in [0.3, 0.4) is 0 Å². The Hall–Kier alpha value is -3.08. The van der Waals surface area contributed by atoms with Gasteiger partial charge in [0.25, 0.3) is 5.56 Å². The maximum Gasteiger partial charge on any atom is 0.336 e. The molecule has 0 aliphatic carbocycles. The second-order valence-corrected chi connectivity index (χ2v) is 6.76. The maximum absolute atomic E-state index is 12.4. The highest BCUT2D eigenvalue weighted by atomic mass is 16.4. The van der Waals surface area contributed by atoms with E-state index in [1.807, 2.05) is 36.4 Å². The quantitative estimate of drug-likeness (QED) is 0.665. The number of aromatic nitrogens is 2. The predicted octanol–water partition coefficient (Wildman–Crippen LogP) is 4.01. The average Bonchev–Trinajstić information content (AvgIpc) is 2.94. The molecular weight excluding hydrogens is 340 g/mol. The number of nitrogens with zero attached hydrogens (tertiary/aromatic N) is 1. The van der Waals surface area contributed by atoms with Crippen molar-refractivity contribution < 1.29 is 9.90 Å². The fourth-order valence-electron chi connectivity index (χ4n) is 3.32. The summed E-state index contributed by atoms with van der Waals surface area (Å²) in [5, 5.41) is 12.5. The van der Waals surface area contributed by atoms with E-state index in [1.165, 1.54) is 4.68 Å². The van der Waals surface area contributed by atoms with Gasteiger partial charge in [0.05, 0.1) is 5.56 Å². The van der Waals surface area contributed by atoms with Crippen LogP contribution in [-0.4, -0.2) is 20.9 Å². The van der Waals surface area contributed by atoms with Crippen molar-refractivity contribution in [2.24, 2.45) is 7.05 Å². The van der Waals surface area contributed by atoms with Crippen LogP contribution in [0, 0.1) is 0 Å². The molecular formula is C22H24N2O3. The summed E-state index contributed by atoms with van der Waals surface area (Å²) in [5.41, 5.74) is 4.69. The van der Waals surface area contributed by atoms with Crippen molar-refractivity contribution in [2.45, 2.75) is 32.6 Å². The first kappa shape index (κ1) is 18.7. The zero-order valence-electron chi connectivity index (χ0n) is 15.7. The zero-order valence-corrected chi connectivity index (χ0v) is 15.7. The molecule has 3 rings (SSSR count). The Kier molecular flexibility index (Phi) is 5.60. The Labute approximate surface area is 158 Å². The van der Waals surface area contributed by atoms with E-state index in [2.05, 4.69) is 12.0 Å². The van der Waals surface area contributed by atoms with Crippen molar-refractivity contribution in [3.05, 3.63) is 81.3 Å². The molecule has 0 amide bonds. The molecule has 140 valence electrons. The number of hydrogen-bond acceptors (Lipinski definition) is 2. The topological polar surface area (TPSA) is 75.1 Å². The largest absolute Gasteiger partial charge is 0.478 e. The van der Waals surface area contributed by atoms with Gasteiger partial charge in [-0.1, -0.05) is 55.8 Å². The summed E-state index contributed by atoms with van der Waals surface area (Å²) < 4.78 is 1.54. The SMILES string of the molecule is CCCCc1[nH]n(C)c(=O)c1Cc1ccc(-c2ccccc2C(=O)O)cc1. The van der Waals surface area contributed by atoms with Crippen molar-refractivity contribution in [3.8, 4) is 11.1 Å². The van der Waals surface area contributed by atoms with Gasteiger partial charge in [-0.3, -0.25) is 14.6 Å². The zero-order chi connectivity index (χ0) is 19.4. The average molecular weight is 364 g/mol. The summed E-state index contributed by atoms with van der Waals surface area (Å²) in [5.74, 6) is -0.939. The molecule has 5 heteroatoms. The summed E-state index contributed by atoms with van der Waals surface area (Å²) in [6.45, 7) is 2.13. The van der Waals surface area contributed by atoms with Gasteiger partial charge in [0, 0.05) is 24.7 Å². The maximum atomic E-state index is 12.4. The molecule has 0 unspecified atom stereocenters. The third-order valence-electron chi connectivity index (χ3n) is 4.81. The summed E-state index contributed by atoms with van der Waals surface area (Å²) in [6.07, 6.45) is 3.55. The molecule has 5 nitrogen and oxygen atoms in total. The third-order valence-corrected chi connectivity index (χ3v) is 4.81. The molecule has 0 saturated heterocycles. The molecule has 0 atom stereocenters. The standard InChI is InChI=1S/C22H24N2O3/c1-3-4-9-20-19(21(25)24(2)23-20)14-15-10-12-16(13-11-15)17-7-5-6-8-18(17)22(26)27/h5-8,10-13,23H,3-4,9,14H2,1-2H3,(H,26,27). The summed E-state index contributed by atoms with van der Waals surface area (Å²) in [4.78, 5) is 23.9. The van der Waals surface area contributed by atoms with Crippen LogP contribution in [0.5, 0.6) is 0 Å². The lowest BCUT2D eigenvalue weighted by Gasteiger charge is -2.08. The number of unbranched alkanes of at least 4 members (excludes halogenated alkanes) is 1. The molecule has 1 heterocycles. The highest BCUT2D eigenvalue weighted by Crippen LogP contribution is 2.25. The van der Waals surface area contributed by atoms with E-state index >= 15 is 0 Å². The van der Waals surface area contributed by atoms with Crippen molar-refractivity contribution in [1.82, 2.24) is 9.78 Å². The first-order valence-corrected chi connectivity index (χ1v) is 9.19. The number of aromatic carboxylic acids is 1. The number of benzene rings is 2. The number of carbonyl (C=O) groups is 1. The van der Waals surface area contributed by atoms with E-state index < -0.39 is 5.97 Å². The summed E-state index contributed by atoms with van der Waals surface area (Å²) in [7, 11) is 1.74. The minimum absolute atomic E-state index is 0.0152. The van der Waals surface area contributed by atoms with Gasteiger partial charge in [0.1, 0.15) is 0 Å². The highest BCUT2D eigenvalue weighted by molar-refractivity contribution is 5.95. The van der Waals surface area contributed by atoms with Crippen molar-refractivity contribution in [2.75, 3.05) is 0 Å². The molecule has 0 radical (unpaired) electrons. The number of carboxylic acids is 1. The summed E-state index contributed by atoms with van der Waals surface area (Å²) in [6, 6.07) is 14.7. The number of rotatable bonds is 7.